The first-order chi connectivity index (χ1) is 8.99. The van der Waals surface area contributed by atoms with Gasteiger partial charge in [-0.15, -0.1) is 0 Å². The van der Waals surface area contributed by atoms with E-state index in [0.29, 0.717) is 24.7 Å². The van der Waals surface area contributed by atoms with Crippen LogP contribution in [0.5, 0.6) is 0 Å². The van der Waals surface area contributed by atoms with Crippen molar-refractivity contribution >= 4 is 11.9 Å². The SMILES string of the molecule is CC(C)CNC(=O)CNCc1ccc(C(=O)O)cn1. The predicted molar refractivity (Wildman–Crippen MR) is 70.8 cm³/mol. The van der Waals surface area contributed by atoms with Crippen molar-refractivity contribution in [2.24, 2.45) is 5.92 Å². The van der Waals surface area contributed by atoms with Gasteiger partial charge in [-0.3, -0.25) is 9.78 Å². The molecule has 6 nitrogen and oxygen atoms in total. The molecule has 0 aromatic carbocycles. The Labute approximate surface area is 112 Å². The summed E-state index contributed by atoms with van der Waals surface area (Å²) >= 11 is 0. The van der Waals surface area contributed by atoms with Crippen LogP contribution in [0.3, 0.4) is 0 Å². The number of carbonyl (C=O) groups is 2. The molecule has 1 heterocycles. The highest BCUT2D eigenvalue weighted by molar-refractivity contribution is 5.87. The standard InChI is InChI=1S/C13H19N3O3/c1-9(2)5-16-12(17)8-14-7-11-4-3-10(6-15-11)13(18)19/h3-4,6,9,14H,5,7-8H2,1-2H3,(H,16,17)(H,18,19). The molecule has 0 aliphatic carbocycles. The molecule has 3 N–H and O–H groups in total. The summed E-state index contributed by atoms with van der Waals surface area (Å²) in [5.41, 5.74) is 0.847. The zero-order chi connectivity index (χ0) is 14.3. The van der Waals surface area contributed by atoms with Crippen LogP contribution in [0.1, 0.15) is 29.9 Å². The number of nitrogens with one attached hydrogen (secondary N) is 2. The third kappa shape index (κ3) is 5.96. The fourth-order valence-electron chi connectivity index (χ4n) is 1.34. The molecule has 0 radical (unpaired) electrons. The van der Waals surface area contributed by atoms with Crippen LogP contribution in [-0.2, 0) is 11.3 Å². The third-order valence-electron chi connectivity index (χ3n) is 2.37. The molecule has 0 spiro atoms. The highest BCUT2D eigenvalue weighted by atomic mass is 16.4. The minimum Gasteiger partial charge on any atom is -0.478 e. The van der Waals surface area contributed by atoms with Gasteiger partial charge in [0.15, 0.2) is 0 Å². The van der Waals surface area contributed by atoms with E-state index in [9.17, 15) is 9.59 Å². The molecule has 1 aromatic rings. The van der Waals surface area contributed by atoms with Crippen LogP contribution in [0, 0.1) is 5.92 Å². The number of carboxylic acids is 1. The maximum Gasteiger partial charge on any atom is 0.337 e. The molecule has 0 fully saturated rings. The molecule has 1 aromatic heterocycles. The number of pyridine rings is 1. The number of hydrogen-bond donors (Lipinski definition) is 3. The number of aromatic carboxylic acids is 1. The molecule has 1 amide bonds. The van der Waals surface area contributed by atoms with Crippen molar-refractivity contribution in [2.45, 2.75) is 20.4 Å². The van der Waals surface area contributed by atoms with Crippen LogP contribution in [0.4, 0.5) is 0 Å². The van der Waals surface area contributed by atoms with E-state index in [2.05, 4.69) is 15.6 Å². The normalized spacial score (nSPS) is 10.5. The van der Waals surface area contributed by atoms with Crippen LogP contribution in [0.25, 0.3) is 0 Å². The maximum absolute atomic E-state index is 11.4. The Bertz CT molecular complexity index is 429. The highest BCUT2D eigenvalue weighted by Gasteiger charge is 2.04. The fourth-order valence-corrected chi connectivity index (χ4v) is 1.34. The smallest absolute Gasteiger partial charge is 0.337 e. The number of nitrogens with zero attached hydrogens (tertiary/aromatic N) is 1. The Morgan fingerprint density at radius 2 is 2.11 bits per heavy atom. The van der Waals surface area contributed by atoms with Crippen molar-refractivity contribution in [3.63, 3.8) is 0 Å². The van der Waals surface area contributed by atoms with Crippen LogP contribution >= 0.6 is 0 Å². The average Bonchev–Trinajstić information content (AvgIpc) is 2.37. The van der Waals surface area contributed by atoms with Crippen LogP contribution in [0.2, 0.25) is 0 Å². The molecular weight excluding hydrogens is 246 g/mol. The number of carbonyl (C=O) groups excluding carboxylic acids is 1. The lowest BCUT2D eigenvalue weighted by Gasteiger charge is -2.08. The lowest BCUT2D eigenvalue weighted by atomic mass is 10.2. The van der Waals surface area contributed by atoms with Crippen LogP contribution in [0.15, 0.2) is 18.3 Å². The van der Waals surface area contributed by atoms with Crippen molar-refractivity contribution in [3.8, 4) is 0 Å². The lowest BCUT2D eigenvalue weighted by molar-refractivity contribution is -0.120. The van der Waals surface area contributed by atoms with E-state index in [1.807, 2.05) is 13.8 Å². The Morgan fingerprint density at radius 3 is 2.63 bits per heavy atom. The Balaban J connectivity index is 2.29. The molecule has 104 valence electrons. The quantitative estimate of drug-likeness (QED) is 0.673. The van der Waals surface area contributed by atoms with Gasteiger partial charge in [-0.25, -0.2) is 4.79 Å². The van der Waals surface area contributed by atoms with Gasteiger partial charge >= 0.3 is 5.97 Å². The first-order valence-corrected chi connectivity index (χ1v) is 6.14. The second-order valence-corrected chi connectivity index (χ2v) is 4.64. The van der Waals surface area contributed by atoms with Crippen molar-refractivity contribution in [1.29, 1.82) is 0 Å². The van der Waals surface area contributed by atoms with Gasteiger partial charge in [0.25, 0.3) is 0 Å². The number of rotatable bonds is 7. The van der Waals surface area contributed by atoms with Gasteiger partial charge in [0.05, 0.1) is 17.8 Å². The zero-order valence-corrected chi connectivity index (χ0v) is 11.1. The first-order valence-electron chi connectivity index (χ1n) is 6.14. The first kappa shape index (κ1) is 15.1. The van der Waals surface area contributed by atoms with E-state index < -0.39 is 5.97 Å². The van der Waals surface area contributed by atoms with Crippen molar-refractivity contribution in [2.75, 3.05) is 13.1 Å². The van der Waals surface area contributed by atoms with Gasteiger partial charge in [-0.05, 0) is 18.1 Å². The third-order valence-corrected chi connectivity index (χ3v) is 2.37. The molecule has 0 saturated carbocycles. The van der Waals surface area contributed by atoms with Gasteiger partial charge in [0.2, 0.25) is 5.91 Å². The Kier molecular flexibility index (Phi) is 5.95. The van der Waals surface area contributed by atoms with E-state index in [-0.39, 0.29) is 18.0 Å². The second-order valence-electron chi connectivity index (χ2n) is 4.64. The summed E-state index contributed by atoms with van der Waals surface area (Å²) in [5, 5.41) is 14.5. The molecule has 1 rings (SSSR count). The minimum absolute atomic E-state index is 0.0594. The molecule has 0 unspecified atom stereocenters. The largest absolute Gasteiger partial charge is 0.478 e. The van der Waals surface area contributed by atoms with Gasteiger partial charge in [0, 0.05) is 19.3 Å². The number of hydrogen-bond acceptors (Lipinski definition) is 4. The lowest BCUT2D eigenvalue weighted by Crippen LogP contribution is -2.35. The Hall–Kier alpha value is -1.95. The minimum atomic E-state index is -1.000. The van der Waals surface area contributed by atoms with Crippen molar-refractivity contribution in [1.82, 2.24) is 15.6 Å². The van der Waals surface area contributed by atoms with Crippen molar-refractivity contribution < 1.29 is 14.7 Å². The molecule has 0 aliphatic heterocycles. The number of carboxylic acid groups (broad SMARTS) is 1. The summed E-state index contributed by atoms with van der Waals surface area (Å²) < 4.78 is 0. The number of aromatic nitrogens is 1. The fraction of sp³-hybridized carbons (Fsp3) is 0.462. The van der Waals surface area contributed by atoms with E-state index >= 15 is 0 Å². The van der Waals surface area contributed by atoms with Gasteiger partial charge in [-0.1, -0.05) is 13.8 Å². The van der Waals surface area contributed by atoms with Gasteiger partial charge in [-0.2, -0.15) is 0 Å². The Morgan fingerprint density at radius 1 is 1.37 bits per heavy atom. The van der Waals surface area contributed by atoms with Crippen LogP contribution < -0.4 is 10.6 Å². The summed E-state index contributed by atoms with van der Waals surface area (Å²) in [6, 6.07) is 3.12. The summed E-state index contributed by atoms with van der Waals surface area (Å²) in [6.07, 6.45) is 1.30. The summed E-state index contributed by atoms with van der Waals surface area (Å²) in [5.74, 6) is -0.634. The zero-order valence-electron chi connectivity index (χ0n) is 11.1. The molecule has 19 heavy (non-hydrogen) atoms. The number of amides is 1. The van der Waals surface area contributed by atoms with Crippen LogP contribution in [-0.4, -0.2) is 35.1 Å². The van der Waals surface area contributed by atoms with Crippen molar-refractivity contribution in [3.05, 3.63) is 29.6 Å². The van der Waals surface area contributed by atoms with E-state index in [4.69, 9.17) is 5.11 Å². The predicted octanol–water partition coefficient (Wildman–Crippen LogP) is 0.642. The van der Waals surface area contributed by atoms with E-state index in [1.54, 1.807) is 6.07 Å². The molecule has 0 bridgehead atoms. The summed E-state index contributed by atoms with van der Waals surface area (Å²) in [7, 11) is 0. The molecule has 0 atom stereocenters. The van der Waals surface area contributed by atoms with E-state index in [1.165, 1.54) is 12.3 Å². The summed E-state index contributed by atoms with van der Waals surface area (Å²) in [6.45, 7) is 5.36. The maximum atomic E-state index is 11.4. The highest BCUT2D eigenvalue weighted by Crippen LogP contribution is 1.99. The topological polar surface area (TPSA) is 91.3 Å². The van der Waals surface area contributed by atoms with Gasteiger partial charge in [0.1, 0.15) is 0 Å². The van der Waals surface area contributed by atoms with E-state index in [0.717, 1.165) is 0 Å². The average molecular weight is 265 g/mol. The molecule has 0 aliphatic rings. The summed E-state index contributed by atoms with van der Waals surface area (Å²) in [4.78, 5) is 26.0. The molecular formula is C13H19N3O3. The monoisotopic (exact) mass is 265 g/mol. The molecule has 6 heteroatoms. The van der Waals surface area contributed by atoms with Gasteiger partial charge < -0.3 is 15.7 Å². The second kappa shape index (κ2) is 7.48. The molecule has 0 saturated heterocycles.